The summed E-state index contributed by atoms with van der Waals surface area (Å²) in [6.07, 6.45) is 0. The normalized spacial score (nSPS) is 19.3. The maximum absolute atomic E-state index is 6.25. The van der Waals surface area contributed by atoms with Crippen LogP contribution in [0.2, 0.25) is 0 Å². The number of fused-ring (bicyclic) bond motifs is 1. The van der Waals surface area contributed by atoms with E-state index >= 15 is 0 Å². The number of epoxide rings is 1. The molecule has 1 aromatic heterocycles. The van der Waals surface area contributed by atoms with Gasteiger partial charge in [0.1, 0.15) is 22.9 Å². The number of rotatable bonds is 5. The molecular weight excluding hydrogens is 362 g/mol. The van der Waals surface area contributed by atoms with Crippen molar-refractivity contribution >= 4 is 11.0 Å². The van der Waals surface area contributed by atoms with Crippen molar-refractivity contribution in [2.45, 2.75) is 25.5 Å². The summed E-state index contributed by atoms with van der Waals surface area (Å²) in [5.41, 5.74) is 6.08. The molecule has 1 aliphatic rings. The van der Waals surface area contributed by atoms with Crippen LogP contribution in [0, 0.1) is 13.8 Å². The molecule has 146 valence electrons. The molecule has 2 heterocycles. The van der Waals surface area contributed by atoms with Crippen LogP contribution in [-0.2, 0) is 10.3 Å². The lowest BCUT2D eigenvalue weighted by atomic mass is 9.84. The van der Waals surface area contributed by atoms with Crippen molar-refractivity contribution in [1.29, 1.82) is 0 Å². The molecule has 3 aromatic carbocycles. The third kappa shape index (κ3) is 2.89. The standard InChI is InChI=1S/C24H23N3O2/c1-16-11-12-17(2)20(13-16)24(15-29-24)23(18-7-6-8-19(14-18)28-3)27-22-10-5-4-9-21(22)25-26-27/h4-14,23H,15H2,1-3H3/t23-,24-/m0/s1. The number of aromatic nitrogens is 3. The van der Waals surface area contributed by atoms with Gasteiger partial charge in [-0.15, -0.1) is 5.10 Å². The molecule has 0 unspecified atom stereocenters. The fourth-order valence-electron chi connectivity index (χ4n) is 4.23. The number of hydrogen-bond acceptors (Lipinski definition) is 4. The van der Waals surface area contributed by atoms with Gasteiger partial charge in [0, 0.05) is 0 Å². The van der Waals surface area contributed by atoms with Gasteiger partial charge in [-0.05, 0) is 54.8 Å². The van der Waals surface area contributed by atoms with Crippen molar-refractivity contribution in [3.8, 4) is 5.75 Å². The van der Waals surface area contributed by atoms with Crippen molar-refractivity contribution in [3.63, 3.8) is 0 Å². The van der Waals surface area contributed by atoms with Crippen molar-refractivity contribution in [2.24, 2.45) is 0 Å². The number of para-hydroxylation sites is 1. The Balaban J connectivity index is 1.76. The van der Waals surface area contributed by atoms with Crippen LogP contribution in [0.3, 0.4) is 0 Å². The van der Waals surface area contributed by atoms with Crippen molar-refractivity contribution < 1.29 is 9.47 Å². The van der Waals surface area contributed by atoms with Gasteiger partial charge in [-0.3, -0.25) is 0 Å². The van der Waals surface area contributed by atoms with E-state index in [0.29, 0.717) is 6.61 Å². The summed E-state index contributed by atoms with van der Waals surface area (Å²) in [6, 6.07) is 22.6. The average Bonchev–Trinajstić information content (AvgIpc) is 3.43. The van der Waals surface area contributed by atoms with E-state index in [2.05, 4.69) is 60.6 Å². The van der Waals surface area contributed by atoms with Crippen molar-refractivity contribution in [1.82, 2.24) is 15.0 Å². The van der Waals surface area contributed by atoms with Crippen LogP contribution in [-0.4, -0.2) is 28.7 Å². The van der Waals surface area contributed by atoms with Gasteiger partial charge in [0.05, 0.1) is 19.2 Å². The Labute approximate surface area is 169 Å². The van der Waals surface area contributed by atoms with Crippen molar-refractivity contribution in [2.75, 3.05) is 13.7 Å². The summed E-state index contributed by atoms with van der Waals surface area (Å²) >= 11 is 0. The van der Waals surface area contributed by atoms with E-state index in [9.17, 15) is 0 Å². The summed E-state index contributed by atoms with van der Waals surface area (Å²) in [5, 5.41) is 8.97. The quantitative estimate of drug-likeness (QED) is 0.472. The molecule has 29 heavy (non-hydrogen) atoms. The van der Waals surface area contributed by atoms with Gasteiger partial charge >= 0.3 is 0 Å². The Morgan fingerprint density at radius 3 is 2.66 bits per heavy atom. The Morgan fingerprint density at radius 1 is 1.03 bits per heavy atom. The Bertz CT molecular complexity index is 1190. The molecule has 0 radical (unpaired) electrons. The largest absolute Gasteiger partial charge is 0.497 e. The van der Waals surface area contributed by atoms with E-state index in [4.69, 9.17) is 9.47 Å². The Kier molecular flexibility index (Phi) is 4.14. The SMILES string of the molecule is COc1cccc([C@H](n2nnc3ccccc32)[C@@]2(c3cc(C)ccc3C)CO2)c1. The first kappa shape index (κ1) is 17.9. The molecule has 5 rings (SSSR count). The number of hydrogen-bond donors (Lipinski definition) is 0. The number of methoxy groups -OCH3 is 1. The summed E-state index contributed by atoms with van der Waals surface area (Å²) in [6.45, 7) is 4.89. The summed E-state index contributed by atoms with van der Waals surface area (Å²) in [5.74, 6) is 0.814. The van der Waals surface area contributed by atoms with Crippen LogP contribution in [0.25, 0.3) is 11.0 Å². The Morgan fingerprint density at radius 2 is 1.86 bits per heavy atom. The number of aryl methyl sites for hydroxylation is 2. The van der Waals surface area contributed by atoms with Crippen LogP contribution in [0.1, 0.15) is 28.3 Å². The lowest BCUT2D eigenvalue weighted by Crippen LogP contribution is -2.29. The molecule has 0 amide bonds. The first-order valence-electron chi connectivity index (χ1n) is 9.78. The number of benzene rings is 3. The lowest BCUT2D eigenvalue weighted by Gasteiger charge is -2.27. The minimum atomic E-state index is -0.487. The minimum Gasteiger partial charge on any atom is -0.497 e. The summed E-state index contributed by atoms with van der Waals surface area (Å²) < 4.78 is 13.8. The zero-order valence-corrected chi connectivity index (χ0v) is 16.8. The monoisotopic (exact) mass is 385 g/mol. The second-order valence-electron chi connectivity index (χ2n) is 7.70. The number of ether oxygens (including phenoxy) is 2. The van der Waals surface area contributed by atoms with Gasteiger partial charge in [0.25, 0.3) is 0 Å². The highest BCUT2D eigenvalue weighted by Gasteiger charge is 2.56. The van der Waals surface area contributed by atoms with E-state index in [-0.39, 0.29) is 6.04 Å². The predicted molar refractivity (Wildman–Crippen MR) is 112 cm³/mol. The van der Waals surface area contributed by atoms with Crippen LogP contribution in [0.4, 0.5) is 0 Å². The van der Waals surface area contributed by atoms with Crippen LogP contribution >= 0.6 is 0 Å². The first-order chi connectivity index (χ1) is 14.1. The second kappa shape index (κ2) is 6.71. The van der Waals surface area contributed by atoms with Crippen LogP contribution < -0.4 is 4.74 Å². The molecule has 5 heteroatoms. The predicted octanol–water partition coefficient (Wildman–Crippen LogP) is 4.57. The van der Waals surface area contributed by atoms with Crippen LogP contribution in [0.5, 0.6) is 5.75 Å². The average molecular weight is 385 g/mol. The zero-order valence-electron chi connectivity index (χ0n) is 16.8. The minimum absolute atomic E-state index is 0.162. The maximum Gasteiger partial charge on any atom is 0.143 e. The molecule has 4 aromatic rings. The molecule has 0 saturated carbocycles. The molecule has 0 bridgehead atoms. The topological polar surface area (TPSA) is 52.5 Å². The third-order valence-corrected chi connectivity index (χ3v) is 5.78. The van der Waals surface area contributed by atoms with E-state index in [1.165, 1.54) is 16.7 Å². The second-order valence-corrected chi connectivity index (χ2v) is 7.70. The van der Waals surface area contributed by atoms with E-state index in [0.717, 1.165) is 22.3 Å². The number of nitrogens with zero attached hydrogens (tertiary/aromatic N) is 3. The summed E-state index contributed by atoms with van der Waals surface area (Å²) in [7, 11) is 1.69. The molecule has 0 spiro atoms. The molecule has 1 saturated heterocycles. The molecule has 0 aliphatic carbocycles. The van der Waals surface area contributed by atoms with Gasteiger partial charge < -0.3 is 9.47 Å². The molecular formula is C24H23N3O2. The third-order valence-electron chi connectivity index (χ3n) is 5.78. The Hall–Kier alpha value is -3.18. The van der Waals surface area contributed by atoms with E-state index < -0.39 is 5.60 Å². The van der Waals surface area contributed by atoms with Gasteiger partial charge in [-0.2, -0.15) is 0 Å². The fraction of sp³-hybridized carbons (Fsp3) is 0.250. The highest BCUT2D eigenvalue weighted by atomic mass is 16.6. The molecule has 0 N–H and O–H groups in total. The highest BCUT2D eigenvalue weighted by Crippen LogP contribution is 2.52. The van der Waals surface area contributed by atoms with Gasteiger partial charge in [-0.1, -0.05) is 53.2 Å². The molecule has 5 nitrogen and oxygen atoms in total. The maximum atomic E-state index is 6.25. The van der Waals surface area contributed by atoms with Crippen molar-refractivity contribution in [3.05, 3.63) is 89.0 Å². The molecule has 1 fully saturated rings. The van der Waals surface area contributed by atoms with Gasteiger partial charge in [0.15, 0.2) is 0 Å². The van der Waals surface area contributed by atoms with Crippen LogP contribution in [0.15, 0.2) is 66.7 Å². The smallest absolute Gasteiger partial charge is 0.143 e. The molecule has 1 aliphatic heterocycles. The fourth-order valence-corrected chi connectivity index (χ4v) is 4.23. The zero-order chi connectivity index (χ0) is 20.0. The van der Waals surface area contributed by atoms with E-state index in [1.807, 2.05) is 35.0 Å². The first-order valence-corrected chi connectivity index (χ1v) is 9.78. The summed E-state index contributed by atoms with van der Waals surface area (Å²) in [4.78, 5) is 0. The lowest BCUT2D eigenvalue weighted by molar-refractivity contribution is 0.234. The highest BCUT2D eigenvalue weighted by molar-refractivity contribution is 5.74. The molecule has 2 atom stereocenters. The van der Waals surface area contributed by atoms with Gasteiger partial charge in [-0.25, -0.2) is 4.68 Å². The van der Waals surface area contributed by atoms with Gasteiger partial charge in [0.2, 0.25) is 0 Å². The van der Waals surface area contributed by atoms with E-state index in [1.54, 1.807) is 7.11 Å².